The molecule has 2 N–H and O–H groups in total. The number of likely N-dealkylation sites (tertiary alicyclic amines) is 1. The number of hydrogen-bond acceptors (Lipinski definition) is 4. The third-order valence-corrected chi connectivity index (χ3v) is 3.96. The lowest BCUT2D eigenvalue weighted by atomic mass is 9.93. The number of rotatable bonds is 4. The maximum atomic E-state index is 12.3. The molecule has 0 radical (unpaired) electrons. The van der Waals surface area contributed by atoms with E-state index in [1.54, 1.807) is 29.2 Å². The Labute approximate surface area is 129 Å². The molecule has 1 aromatic carbocycles. The smallest absolute Gasteiger partial charge is 0.260 e. The van der Waals surface area contributed by atoms with Crippen molar-refractivity contribution >= 4 is 11.8 Å². The summed E-state index contributed by atoms with van der Waals surface area (Å²) in [5.41, 5.74) is 5.72. The number of benzene rings is 1. The van der Waals surface area contributed by atoms with E-state index < -0.39 is 0 Å². The van der Waals surface area contributed by atoms with E-state index >= 15 is 0 Å². The van der Waals surface area contributed by atoms with Gasteiger partial charge in [0.2, 0.25) is 5.91 Å². The van der Waals surface area contributed by atoms with Gasteiger partial charge in [0.25, 0.3) is 5.91 Å². The molecule has 0 unspecified atom stereocenters. The number of carbonyl (C=O) groups is 2. The number of nitriles is 1. The molecular weight excluding hydrogens is 282 g/mol. The highest BCUT2D eigenvalue weighted by Gasteiger charge is 2.31. The van der Waals surface area contributed by atoms with Crippen LogP contribution in [0, 0.1) is 17.2 Å². The van der Waals surface area contributed by atoms with E-state index in [1.807, 2.05) is 13.0 Å². The van der Waals surface area contributed by atoms with Crippen LogP contribution in [-0.4, -0.2) is 35.9 Å². The number of amides is 2. The monoisotopic (exact) mass is 301 g/mol. The molecule has 22 heavy (non-hydrogen) atoms. The summed E-state index contributed by atoms with van der Waals surface area (Å²) in [6.45, 7) is 2.12. The highest BCUT2D eigenvalue weighted by atomic mass is 16.5. The highest BCUT2D eigenvalue weighted by molar-refractivity contribution is 5.81. The number of piperidine rings is 1. The van der Waals surface area contributed by atoms with Crippen molar-refractivity contribution in [3.05, 3.63) is 29.8 Å². The lowest BCUT2D eigenvalue weighted by Gasteiger charge is -2.36. The molecule has 0 aliphatic carbocycles. The predicted octanol–water partition coefficient (Wildman–Crippen LogP) is 1.05. The maximum absolute atomic E-state index is 12.3. The van der Waals surface area contributed by atoms with Gasteiger partial charge in [0, 0.05) is 12.6 Å². The molecule has 116 valence electrons. The van der Waals surface area contributed by atoms with Crippen molar-refractivity contribution in [1.82, 2.24) is 4.90 Å². The lowest BCUT2D eigenvalue weighted by Crippen LogP contribution is -2.50. The number of hydrogen-bond donors (Lipinski definition) is 1. The Hall–Kier alpha value is -2.55. The third kappa shape index (κ3) is 3.55. The molecule has 0 aromatic heterocycles. The van der Waals surface area contributed by atoms with Crippen LogP contribution in [0.25, 0.3) is 0 Å². The molecule has 0 saturated carbocycles. The standard InChI is InChI=1S/C16H19N3O3/c1-11-6-7-13(16(18)21)9-19(11)15(20)10-22-14-5-3-2-4-12(14)8-17/h2-5,11,13H,6-7,9-10H2,1H3,(H2,18,21)/t11-,13-/m0/s1. The summed E-state index contributed by atoms with van der Waals surface area (Å²) in [5.74, 6) is -0.493. The van der Waals surface area contributed by atoms with E-state index in [0.29, 0.717) is 24.3 Å². The minimum Gasteiger partial charge on any atom is -0.482 e. The van der Waals surface area contributed by atoms with Crippen LogP contribution in [0.1, 0.15) is 25.3 Å². The highest BCUT2D eigenvalue weighted by Crippen LogP contribution is 2.22. The molecule has 2 rings (SSSR count). The van der Waals surface area contributed by atoms with Crippen molar-refractivity contribution in [3.63, 3.8) is 0 Å². The average Bonchev–Trinajstić information content (AvgIpc) is 2.53. The van der Waals surface area contributed by atoms with E-state index in [1.165, 1.54) is 0 Å². The first-order chi connectivity index (χ1) is 10.5. The molecule has 1 fully saturated rings. The van der Waals surface area contributed by atoms with Gasteiger partial charge in [-0.2, -0.15) is 5.26 Å². The van der Waals surface area contributed by atoms with E-state index in [9.17, 15) is 9.59 Å². The molecule has 1 aliphatic heterocycles. The second-order valence-corrected chi connectivity index (χ2v) is 5.47. The SMILES string of the molecule is C[C@H]1CC[C@H](C(N)=O)CN1C(=O)COc1ccccc1C#N. The average molecular weight is 301 g/mol. The van der Waals surface area contributed by atoms with E-state index in [4.69, 9.17) is 15.7 Å². The van der Waals surface area contributed by atoms with E-state index in [-0.39, 0.29) is 30.4 Å². The molecule has 0 bridgehead atoms. The van der Waals surface area contributed by atoms with Gasteiger partial charge in [-0.15, -0.1) is 0 Å². The normalized spacial score (nSPS) is 21.0. The minimum atomic E-state index is -0.375. The van der Waals surface area contributed by atoms with Gasteiger partial charge in [-0.3, -0.25) is 9.59 Å². The van der Waals surface area contributed by atoms with Crippen LogP contribution in [0.15, 0.2) is 24.3 Å². The summed E-state index contributed by atoms with van der Waals surface area (Å²) < 4.78 is 5.46. The van der Waals surface area contributed by atoms with Crippen LogP contribution in [0.5, 0.6) is 5.75 Å². The molecule has 6 nitrogen and oxygen atoms in total. The largest absolute Gasteiger partial charge is 0.482 e. The second kappa shape index (κ2) is 6.94. The van der Waals surface area contributed by atoms with Crippen LogP contribution in [0.3, 0.4) is 0 Å². The molecule has 2 amide bonds. The molecule has 1 aliphatic rings. The summed E-state index contributed by atoms with van der Waals surface area (Å²) in [6, 6.07) is 8.83. The first-order valence-electron chi connectivity index (χ1n) is 7.23. The fraction of sp³-hybridized carbons (Fsp3) is 0.438. The molecular formula is C16H19N3O3. The van der Waals surface area contributed by atoms with Crippen LogP contribution in [0.2, 0.25) is 0 Å². The van der Waals surface area contributed by atoms with Crippen LogP contribution >= 0.6 is 0 Å². The Bertz CT molecular complexity index is 609. The number of nitrogens with zero attached hydrogens (tertiary/aromatic N) is 2. The zero-order valence-electron chi connectivity index (χ0n) is 12.5. The number of ether oxygens (including phenoxy) is 1. The topological polar surface area (TPSA) is 96.4 Å². The number of para-hydroxylation sites is 1. The summed E-state index contributed by atoms with van der Waals surface area (Å²) in [4.78, 5) is 25.3. The summed E-state index contributed by atoms with van der Waals surface area (Å²) in [6.07, 6.45) is 1.45. The zero-order chi connectivity index (χ0) is 16.1. The van der Waals surface area contributed by atoms with Crippen molar-refractivity contribution in [2.75, 3.05) is 13.2 Å². The predicted molar refractivity (Wildman–Crippen MR) is 79.7 cm³/mol. The van der Waals surface area contributed by atoms with Crippen LogP contribution in [0.4, 0.5) is 0 Å². The molecule has 6 heteroatoms. The second-order valence-electron chi connectivity index (χ2n) is 5.47. The van der Waals surface area contributed by atoms with Gasteiger partial charge in [-0.25, -0.2) is 0 Å². The summed E-state index contributed by atoms with van der Waals surface area (Å²) in [5, 5.41) is 8.99. The van der Waals surface area contributed by atoms with E-state index in [0.717, 1.165) is 6.42 Å². The Balaban J connectivity index is 1.99. The van der Waals surface area contributed by atoms with Gasteiger partial charge in [-0.1, -0.05) is 12.1 Å². The fourth-order valence-electron chi connectivity index (χ4n) is 2.59. The number of nitrogens with two attached hydrogens (primary N) is 1. The Kier molecular flexibility index (Phi) is 4.99. The Morgan fingerprint density at radius 1 is 1.41 bits per heavy atom. The van der Waals surface area contributed by atoms with Crippen LogP contribution in [-0.2, 0) is 9.59 Å². The van der Waals surface area contributed by atoms with Crippen molar-refractivity contribution in [2.24, 2.45) is 11.7 Å². The van der Waals surface area contributed by atoms with Gasteiger partial charge < -0.3 is 15.4 Å². The summed E-state index contributed by atoms with van der Waals surface area (Å²) >= 11 is 0. The quantitative estimate of drug-likeness (QED) is 0.899. The van der Waals surface area contributed by atoms with Crippen molar-refractivity contribution < 1.29 is 14.3 Å². The number of carbonyl (C=O) groups excluding carboxylic acids is 2. The first-order valence-corrected chi connectivity index (χ1v) is 7.23. The molecule has 2 atom stereocenters. The molecule has 1 saturated heterocycles. The maximum Gasteiger partial charge on any atom is 0.260 e. The molecule has 1 aromatic rings. The third-order valence-electron chi connectivity index (χ3n) is 3.96. The van der Waals surface area contributed by atoms with Gasteiger partial charge in [-0.05, 0) is 31.9 Å². The van der Waals surface area contributed by atoms with Gasteiger partial charge in [0.15, 0.2) is 6.61 Å². The molecule has 0 spiro atoms. The fourth-order valence-corrected chi connectivity index (χ4v) is 2.59. The van der Waals surface area contributed by atoms with Crippen LogP contribution < -0.4 is 10.5 Å². The van der Waals surface area contributed by atoms with Crippen molar-refractivity contribution in [2.45, 2.75) is 25.8 Å². The van der Waals surface area contributed by atoms with Gasteiger partial charge >= 0.3 is 0 Å². The van der Waals surface area contributed by atoms with Crippen molar-refractivity contribution in [3.8, 4) is 11.8 Å². The lowest BCUT2D eigenvalue weighted by molar-refractivity contribution is -0.139. The molecule has 1 heterocycles. The van der Waals surface area contributed by atoms with Crippen molar-refractivity contribution in [1.29, 1.82) is 5.26 Å². The number of primary amides is 1. The first kappa shape index (κ1) is 15.8. The minimum absolute atomic E-state index is 0.0536. The van der Waals surface area contributed by atoms with Gasteiger partial charge in [0.05, 0.1) is 11.5 Å². The van der Waals surface area contributed by atoms with E-state index in [2.05, 4.69) is 0 Å². The van der Waals surface area contributed by atoms with Gasteiger partial charge in [0.1, 0.15) is 11.8 Å². The summed E-state index contributed by atoms with van der Waals surface area (Å²) in [7, 11) is 0. The zero-order valence-corrected chi connectivity index (χ0v) is 12.5. The Morgan fingerprint density at radius 3 is 2.82 bits per heavy atom. The Morgan fingerprint density at radius 2 is 2.14 bits per heavy atom.